The standard InChI is InChI=1S/C17H15BrFN5O3.C17H14BrFN4O4/c1-23-11(2-3-21-23)15(25)14-13(16(20)26)22-17-8-6-9(18)10(19)7-12(8)27-5-4-24(14)17;1-22-11(2-3-20-22)15(24)14-13(17(25)26)21-16-8-6-9(18)10(19)7-12(8)27-5-4-23(14)16/h2-3,6-7,15,25H,4-5H2,1H3,(H2,20,26);2-3,6-7,15,24H,4-5H2,1H3,(H,25,26). The van der Waals surface area contributed by atoms with E-state index in [2.05, 4.69) is 52.0 Å². The zero-order chi connectivity index (χ0) is 38.6. The number of hydrogen-bond donors (Lipinski definition) is 4. The van der Waals surface area contributed by atoms with Gasteiger partial charge in [-0.15, -0.1) is 0 Å². The Morgan fingerprint density at radius 3 is 1.59 bits per heavy atom. The van der Waals surface area contributed by atoms with Gasteiger partial charge in [0.25, 0.3) is 5.91 Å². The molecule has 1 amide bonds. The number of benzene rings is 2. The van der Waals surface area contributed by atoms with Crippen LogP contribution in [-0.4, -0.2) is 79.1 Å². The Bertz CT molecular complexity index is 2290. The molecule has 20 heteroatoms. The van der Waals surface area contributed by atoms with E-state index in [0.29, 0.717) is 40.6 Å². The van der Waals surface area contributed by atoms with Crippen molar-refractivity contribution in [1.82, 2.24) is 38.7 Å². The summed E-state index contributed by atoms with van der Waals surface area (Å²) in [6.07, 6.45) is 0.624. The number of aliphatic hydroxyl groups is 2. The van der Waals surface area contributed by atoms with Crippen molar-refractivity contribution in [3.05, 3.63) is 104 Å². The Morgan fingerprint density at radius 2 is 1.20 bits per heavy atom. The highest BCUT2D eigenvalue weighted by Gasteiger charge is 2.34. The number of aromatic nitrogens is 8. The molecule has 280 valence electrons. The molecule has 0 saturated carbocycles. The number of nitrogens with two attached hydrogens (primary N) is 1. The molecule has 8 rings (SSSR count). The second-order valence-electron chi connectivity index (χ2n) is 12.1. The SMILES string of the molecule is Cn1nccc1C(O)c1c(C(=O)O)nc2n1CCOc1cc(F)c(Br)cc1-2.Cn1nccc1C(O)c1c(C(N)=O)nc2n1CCOc1cc(F)c(Br)cc1-2. The number of primary amides is 1. The number of carboxylic acids is 1. The van der Waals surface area contributed by atoms with Crippen molar-refractivity contribution in [2.24, 2.45) is 19.8 Å². The zero-order valence-electron chi connectivity index (χ0n) is 28.2. The van der Waals surface area contributed by atoms with Gasteiger partial charge in [-0.2, -0.15) is 10.2 Å². The van der Waals surface area contributed by atoms with Gasteiger partial charge < -0.3 is 39.7 Å². The maximum Gasteiger partial charge on any atom is 0.356 e. The Balaban J connectivity index is 0.000000167. The molecule has 0 radical (unpaired) electrons. The smallest absolute Gasteiger partial charge is 0.356 e. The third kappa shape index (κ3) is 6.43. The van der Waals surface area contributed by atoms with Gasteiger partial charge in [-0.05, 0) is 56.1 Å². The predicted molar refractivity (Wildman–Crippen MR) is 192 cm³/mol. The van der Waals surface area contributed by atoms with Crippen molar-refractivity contribution in [3.8, 4) is 34.3 Å². The van der Waals surface area contributed by atoms with Crippen LogP contribution in [0.2, 0.25) is 0 Å². The van der Waals surface area contributed by atoms with E-state index in [1.165, 1.54) is 39.8 Å². The lowest BCUT2D eigenvalue weighted by atomic mass is 10.1. The second-order valence-corrected chi connectivity index (χ2v) is 13.8. The van der Waals surface area contributed by atoms with E-state index in [0.717, 1.165) is 0 Å². The number of rotatable bonds is 6. The van der Waals surface area contributed by atoms with E-state index >= 15 is 0 Å². The van der Waals surface area contributed by atoms with E-state index in [-0.39, 0.29) is 63.1 Å². The number of ether oxygens (including phenoxy) is 2. The summed E-state index contributed by atoms with van der Waals surface area (Å²) in [5, 5.41) is 39.5. The Labute approximate surface area is 320 Å². The molecule has 0 bridgehead atoms. The van der Waals surface area contributed by atoms with Crippen LogP contribution in [0.4, 0.5) is 8.78 Å². The number of aromatic carboxylic acids is 1. The summed E-state index contributed by atoms with van der Waals surface area (Å²) in [6.45, 7) is 0.921. The molecular formula is C34H29Br2F2N9O7. The van der Waals surface area contributed by atoms with Gasteiger partial charge in [0.15, 0.2) is 11.4 Å². The molecule has 2 aromatic carbocycles. The zero-order valence-corrected chi connectivity index (χ0v) is 31.4. The largest absolute Gasteiger partial charge is 0.491 e. The number of carbonyl (C=O) groups excluding carboxylic acids is 1. The number of imidazole rings is 2. The van der Waals surface area contributed by atoms with Gasteiger partial charge in [-0.3, -0.25) is 14.2 Å². The van der Waals surface area contributed by atoms with Crippen LogP contribution in [0, 0.1) is 11.6 Å². The molecule has 2 aliphatic heterocycles. The molecule has 6 aromatic rings. The monoisotopic (exact) mass is 871 g/mol. The first-order chi connectivity index (χ1) is 25.8. The van der Waals surface area contributed by atoms with E-state index in [1.807, 2.05) is 0 Å². The highest BCUT2D eigenvalue weighted by Crippen LogP contribution is 2.40. The number of aliphatic hydroxyl groups excluding tert-OH is 2. The molecule has 54 heavy (non-hydrogen) atoms. The number of carbonyl (C=O) groups is 2. The molecule has 16 nitrogen and oxygen atoms in total. The van der Waals surface area contributed by atoms with Crippen LogP contribution in [0.25, 0.3) is 22.8 Å². The molecule has 2 aliphatic rings. The normalized spacial score (nSPS) is 14.1. The van der Waals surface area contributed by atoms with E-state index in [4.69, 9.17) is 15.2 Å². The summed E-state index contributed by atoms with van der Waals surface area (Å²) in [7, 11) is 3.33. The molecule has 0 saturated heterocycles. The highest BCUT2D eigenvalue weighted by atomic mass is 79.9. The quantitative estimate of drug-likeness (QED) is 0.187. The van der Waals surface area contributed by atoms with Crippen LogP contribution < -0.4 is 15.2 Å². The van der Waals surface area contributed by atoms with Gasteiger partial charge in [0, 0.05) is 38.6 Å². The average molecular weight is 873 g/mol. The summed E-state index contributed by atoms with van der Waals surface area (Å²) in [4.78, 5) is 32.4. The van der Waals surface area contributed by atoms with Crippen molar-refractivity contribution in [1.29, 1.82) is 0 Å². The Kier molecular flexibility index (Phi) is 9.85. The highest BCUT2D eigenvalue weighted by molar-refractivity contribution is 9.10. The number of hydrogen-bond acceptors (Lipinski definition) is 10. The third-order valence-corrected chi connectivity index (χ3v) is 10.1. The molecule has 0 aliphatic carbocycles. The lowest BCUT2D eigenvalue weighted by Gasteiger charge is -2.15. The molecule has 0 spiro atoms. The topological polar surface area (TPSA) is 211 Å². The first-order valence-corrected chi connectivity index (χ1v) is 17.7. The van der Waals surface area contributed by atoms with Crippen molar-refractivity contribution >= 4 is 43.7 Å². The van der Waals surface area contributed by atoms with Crippen molar-refractivity contribution in [3.63, 3.8) is 0 Å². The fourth-order valence-electron chi connectivity index (χ4n) is 6.41. The summed E-state index contributed by atoms with van der Waals surface area (Å²) in [5.41, 5.74) is 7.40. The first kappa shape index (κ1) is 36.9. The second kappa shape index (κ2) is 14.4. The minimum absolute atomic E-state index is 0.0491. The number of nitrogens with zero attached hydrogens (tertiary/aromatic N) is 8. The van der Waals surface area contributed by atoms with Gasteiger partial charge in [-0.1, -0.05) is 0 Å². The molecule has 5 N–H and O–H groups in total. The average Bonchev–Trinajstić information content (AvgIpc) is 3.89. The van der Waals surface area contributed by atoms with Crippen LogP contribution in [0.5, 0.6) is 11.5 Å². The van der Waals surface area contributed by atoms with E-state index in [1.54, 1.807) is 41.6 Å². The fraction of sp³-hybridized carbons (Fsp3) is 0.235. The van der Waals surface area contributed by atoms with Gasteiger partial charge in [0.1, 0.15) is 60.2 Å². The Morgan fingerprint density at radius 1 is 0.778 bits per heavy atom. The van der Waals surface area contributed by atoms with Gasteiger partial charge in [-0.25, -0.2) is 23.5 Å². The Hall–Kier alpha value is -5.44. The van der Waals surface area contributed by atoms with E-state index < -0.39 is 35.7 Å². The minimum atomic E-state index is -1.27. The van der Waals surface area contributed by atoms with Crippen LogP contribution >= 0.6 is 31.9 Å². The van der Waals surface area contributed by atoms with Crippen LogP contribution in [0.3, 0.4) is 0 Å². The molecular weight excluding hydrogens is 844 g/mol. The maximum absolute atomic E-state index is 13.9. The van der Waals surface area contributed by atoms with Crippen LogP contribution in [0.15, 0.2) is 57.7 Å². The summed E-state index contributed by atoms with van der Waals surface area (Å²) >= 11 is 6.29. The van der Waals surface area contributed by atoms with Crippen LogP contribution in [-0.2, 0) is 27.2 Å². The predicted octanol–water partition coefficient (Wildman–Crippen LogP) is 4.12. The van der Waals surface area contributed by atoms with Crippen molar-refractivity contribution in [2.45, 2.75) is 25.3 Å². The molecule has 2 unspecified atom stereocenters. The van der Waals surface area contributed by atoms with Gasteiger partial charge >= 0.3 is 5.97 Å². The van der Waals surface area contributed by atoms with Crippen LogP contribution in [0.1, 0.15) is 56.0 Å². The van der Waals surface area contributed by atoms with Crippen molar-refractivity contribution in [2.75, 3.05) is 13.2 Å². The summed E-state index contributed by atoms with van der Waals surface area (Å²) in [5.74, 6) is -1.78. The number of amides is 1. The van der Waals surface area contributed by atoms with Gasteiger partial charge in [0.2, 0.25) is 0 Å². The molecule has 6 heterocycles. The fourth-order valence-corrected chi connectivity index (χ4v) is 7.10. The van der Waals surface area contributed by atoms with Crippen molar-refractivity contribution < 1.29 is 43.2 Å². The molecule has 2 atom stereocenters. The summed E-state index contributed by atoms with van der Waals surface area (Å²) in [6, 6.07) is 8.73. The maximum atomic E-state index is 13.9. The minimum Gasteiger partial charge on any atom is -0.491 e. The number of aryl methyl sites for hydroxylation is 2. The molecule has 0 fully saturated rings. The lowest BCUT2D eigenvalue weighted by Crippen LogP contribution is -2.20. The lowest BCUT2D eigenvalue weighted by molar-refractivity contribution is 0.0683. The number of carboxylic acid groups (broad SMARTS) is 1. The van der Waals surface area contributed by atoms with E-state index in [9.17, 15) is 33.7 Å². The van der Waals surface area contributed by atoms with Gasteiger partial charge in [0.05, 0.1) is 55.9 Å². The number of halogens is 4. The molecule has 4 aromatic heterocycles. The summed E-state index contributed by atoms with van der Waals surface area (Å²) < 4.78 is 45.7. The first-order valence-electron chi connectivity index (χ1n) is 16.1. The number of fused-ring (bicyclic) bond motifs is 6. The third-order valence-electron chi connectivity index (χ3n) is 8.92.